The molecule has 0 aliphatic carbocycles. The molecule has 0 saturated carbocycles. The molecular formula is C40H23N3S. The number of rotatable bonds is 2. The van der Waals surface area contributed by atoms with Crippen LogP contribution >= 0.6 is 11.3 Å². The lowest BCUT2D eigenvalue weighted by Crippen LogP contribution is -1.94. The van der Waals surface area contributed by atoms with E-state index in [1.165, 1.54) is 47.8 Å². The molecule has 10 aromatic rings. The Labute approximate surface area is 256 Å². The molecule has 4 heteroatoms. The summed E-state index contributed by atoms with van der Waals surface area (Å²) in [6.45, 7) is 0. The number of nitrogens with zero attached hydrogens (tertiary/aromatic N) is 3. The van der Waals surface area contributed by atoms with Crippen molar-refractivity contribution < 1.29 is 0 Å². The van der Waals surface area contributed by atoms with Gasteiger partial charge in [0.05, 0.1) is 22.1 Å². The van der Waals surface area contributed by atoms with E-state index in [1.54, 1.807) is 0 Å². The molecule has 4 heterocycles. The van der Waals surface area contributed by atoms with Crippen LogP contribution in [0.5, 0.6) is 0 Å². The highest BCUT2D eigenvalue weighted by Gasteiger charge is 2.17. The molecule has 0 radical (unpaired) electrons. The molecule has 0 aliphatic rings. The SMILES string of the molecule is c1cnc2c(c1)ccc1c2c2ccc(-c3ccc(-c4ccc5sc6ccccc6c5c4)cc3)cc2n2c3ccccc3nc12. The van der Waals surface area contributed by atoms with Gasteiger partial charge in [-0.05, 0) is 70.8 Å². The number of hydrogen-bond acceptors (Lipinski definition) is 3. The van der Waals surface area contributed by atoms with Crippen LogP contribution in [-0.2, 0) is 0 Å². The molecular weight excluding hydrogens is 555 g/mol. The average molecular weight is 578 g/mol. The maximum absolute atomic E-state index is 5.12. The van der Waals surface area contributed by atoms with Crippen LogP contribution in [-0.4, -0.2) is 14.4 Å². The third-order valence-corrected chi connectivity index (χ3v) is 10.2. The van der Waals surface area contributed by atoms with Gasteiger partial charge in [0.15, 0.2) is 0 Å². The summed E-state index contributed by atoms with van der Waals surface area (Å²) in [5.74, 6) is 0. The van der Waals surface area contributed by atoms with Gasteiger partial charge in [0.1, 0.15) is 5.65 Å². The summed E-state index contributed by atoms with van der Waals surface area (Å²) >= 11 is 1.86. The molecule has 0 aliphatic heterocycles. The number of aromatic nitrogens is 3. The van der Waals surface area contributed by atoms with E-state index >= 15 is 0 Å². The number of thiophene rings is 1. The van der Waals surface area contributed by atoms with Crippen LogP contribution in [0.25, 0.3) is 91.7 Å². The number of para-hydroxylation sites is 2. The quantitative estimate of drug-likeness (QED) is 0.191. The number of benzene rings is 6. The first-order chi connectivity index (χ1) is 21.8. The van der Waals surface area contributed by atoms with Crippen LogP contribution in [0.4, 0.5) is 0 Å². The van der Waals surface area contributed by atoms with Gasteiger partial charge in [-0.2, -0.15) is 0 Å². The largest absolute Gasteiger partial charge is 0.292 e. The van der Waals surface area contributed by atoms with Gasteiger partial charge in [0, 0.05) is 47.9 Å². The number of pyridine rings is 2. The molecule has 4 aromatic heterocycles. The highest BCUT2D eigenvalue weighted by Crippen LogP contribution is 2.39. The Balaban J connectivity index is 1.17. The fourth-order valence-corrected chi connectivity index (χ4v) is 8.01. The number of hydrogen-bond donors (Lipinski definition) is 0. The van der Waals surface area contributed by atoms with Crippen molar-refractivity contribution >= 4 is 80.8 Å². The summed E-state index contributed by atoms with van der Waals surface area (Å²) in [7, 11) is 0. The highest BCUT2D eigenvalue weighted by atomic mass is 32.1. The molecule has 0 fully saturated rings. The third kappa shape index (κ3) is 3.37. The maximum Gasteiger partial charge on any atom is 0.146 e. The zero-order valence-electron chi connectivity index (χ0n) is 23.5. The van der Waals surface area contributed by atoms with E-state index < -0.39 is 0 Å². The standard InChI is InChI=1S/C40H23N3S/c1-4-10-36-29(7-1)32-22-27(17-20-37(32)44-36)24-11-13-25(14-12-24)28-16-18-30-35(23-28)43-34-9-3-2-8-33(34)42-40(43)31-19-15-26-6-5-21-41-39(26)38(30)31/h1-23H. The minimum absolute atomic E-state index is 0.963. The minimum Gasteiger partial charge on any atom is -0.292 e. The van der Waals surface area contributed by atoms with Crippen molar-refractivity contribution in [1.82, 2.24) is 14.4 Å². The second kappa shape index (κ2) is 8.96. The Morgan fingerprint density at radius 1 is 0.500 bits per heavy atom. The zero-order valence-corrected chi connectivity index (χ0v) is 24.3. The second-order valence-corrected chi connectivity index (χ2v) is 12.5. The molecule has 0 atom stereocenters. The predicted octanol–water partition coefficient (Wildman–Crippen LogP) is 11.0. The van der Waals surface area contributed by atoms with Crippen molar-refractivity contribution in [2.24, 2.45) is 0 Å². The molecule has 0 bridgehead atoms. The molecule has 204 valence electrons. The van der Waals surface area contributed by atoms with Gasteiger partial charge < -0.3 is 0 Å². The van der Waals surface area contributed by atoms with Gasteiger partial charge in [-0.3, -0.25) is 9.38 Å². The summed E-state index contributed by atoms with van der Waals surface area (Å²) in [6, 6.07) is 48.2. The van der Waals surface area contributed by atoms with Crippen LogP contribution in [0.3, 0.4) is 0 Å². The molecule has 3 nitrogen and oxygen atoms in total. The number of imidazole rings is 1. The Bertz CT molecular complexity index is 2770. The summed E-state index contributed by atoms with van der Waals surface area (Å²) in [6.07, 6.45) is 1.88. The molecule has 0 amide bonds. The smallest absolute Gasteiger partial charge is 0.146 e. The Kier molecular flexibility index (Phi) is 4.87. The van der Waals surface area contributed by atoms with Gasteiger partial charge in [0.2, 0.25) is 0 Å². The first-order valence-electron chi connectivity index (χ1n) is 14.8. The Morgan fingerprint density at radius 2 is 1.23 bits per heavy atom. The molecule has 10 rings (SSSR count). The second-order valence-electron chi connectivity index (χ2n) is 11.4. The first-order valence-corrected chi connectivity index (χ1v) is 15.6. The van der Waals surface area contributed by atoms with E-state index in [0.29, 0.717) is 0 Å². The monoisotopic (exact) mass is 577 g/mol. The van der Waals surface area contributed by atoms with Crippen LogP contribution in [0.2, 0.25) is 0 Å². The first kappa shape index (κ1) is 23.9. The van der Waals surface area contributed by atoms with Crippen molar-refractivity contribution in [2.75, 3.05) is 0 Å². The van der Waals surface area contributed by atoms with Crippen molar-refractivity contribution in [3.63, 3.8) is 0 Å². The maximum atomic E-state index is 5.12. The van der Waals surface area contributed by atoms with Crippen LogP contribution in [0.1, 0.15) is 0 Å². The number of fused-ring (bicyclic) bond motifs is 13. The summed E-state index contributed by atoms with van der Waals surface area (Å²) in [5, 5.41) is 7.24. The molecule has 0 saturated heterocycles. The zero-order chi connectivity index (χ0) is 28.8. The van der Waals surface area contributed by atoms with Crippen LogP contribution < -0.4 is 0 Å². The van der Waals surface area contributed by atoms with Gasteiger partial charge in [-0.1, -0.05) is 84.9 Å². The lowest BCUT2D eigenvalue weighted by atomic mass is 9.97. The Morgan fingerprint density at radius 3 is 2.14 bits per heavy atom. The lowest BCUT2D eigenvalue weighted by molar-refractivity contribution is 1.31. The fourth-order valence-electron chi connectivity index (χ4n) is 6.92. The van der Waals surface area contributed by atoms with E-state index in [2.05, 4.69) is 132 Å². The van der Waals surface area contributed by atoms with Crippen molar-refractivity contribution in [1.29, 1.82) is 0 Å². The summed E-state index contributed by atoms with van der Waals surface area (Å²) in [5.41, 5.74) is 10.0. The third-order valence-electron chi connectivity index (χ3n) is 9.01. The van der Waals surface area contributed by atoms with E-state index in [9.17, 15) is 0 Å². The van der Waals surface area contributed by atoms with Gasteiger partial charge in [0.25, 0.3) is 0 Å². The lowest BCUT2D eigenvalue weighted by Gasteiger charge is -2.13. The molecule has 0 unspecified atom stereocenters. The molecule has 6 aromatic carbocycles. The van der Waals surface area contributed by atoms with Gasteiger partial charge in [-0.15, -0.1) is 11.3 Å². The van der Waals surface area contributed by atoms with E-state index in [-0.39, 0.29) is 0 Å². The van der Waals surface area contributed by atoms with Gasteiger partial charge >= 0.3 is 0 Å². The van der Waals surface area contributed by atoms with Crippen molar-refractivity contribution in [2.45, 2.75) is 0 Å². The van der Waals surface area contributed by atoms with E-state index in [1.807, 2.05) is 23.6 Å². The molecule has 0 spiro atoms. The molecule has 44 heavy (non-hydrogen) atoms. The average Bonchev–Trinajstić information content (AvgIpc) is 3.67. The summed E-state index contributed by atoms with van der Waals surface area (Å²) < 4.78 is 4.99. The molecule has 0 N–H and O–H groups in total. The highest BCUT2D eigenvalue weighted by molar-refractivity contribution is 7.25. The fraction of sp³-hybridized carbons (Fsp3) is 0. The van der Waals surface area contributed by atoms with E-state index in [0.717, 1.165) is 43.9 Å². The van der Waals surface area contributed by atoms with Crippen LogP contribution in [0.15, 0.2) is 140 Å². The normalized spacial score (nSPS) is 12.1. The summed E-state index contributed by atoms with van der Waals surface area (Å²) in [4.78, 5) is 9.96. The minimum atomic E-state index is 0.963. The topological polar surface area (TPSA) is 30.2 Å². The van der Waals surface area contributed by atoms with Gasteiger partial charge in [-0.25, -0.2) is 4.98 Å². The van der Waals surface area contributed by atoms with Crippen molar-refractivity contribution in [3.8, 4) is 22.3 Å². The van der Waals surface area contributed by atoms with Crippen LogP contribution in [0, 0.1) is 0 Å². The van der Waals surface area contributed by atoms with Crippen molar-refractivity contribution in [3.05, 3.63) is 140 Å². The Hall–Kier alpha value is -5.58. The predicted molar refractivity (Wildman–Crippen MR) is 187 cm³/mol. The van der Waals surface area contributed by atoms with E-state index in [4.69, 9.17) is 9.97 Å².